The minimum Gasteiger partial charge on any atom is -0.494 e. The molecule has 2 aliphatic rings. The van der Waals surface area contributed by atoms with Crippen LogP contribution in [-0.2, 0) is 16.1 Å². The van der Waals surface area contributed by atoms with E-state index in [2.05, 4.69) is 71.7 Å². The number of anilines is 1. The molecule has 1 N–H and O–H groups in total. The van der Waals surface area contributed by atoms with Gasteiger partial charge in [0, 0.05) is 39.3 Å². The Balaban J connectivity index is 1.34. The van der Waals surface area contributed by atoms with Crippen LogP contribution >= 0.6 is 0 Å². The summed E-state index contributed by atoms with van der Waals surface area (Å²) in [7, 11) is 5.93. The summed E-state index contributed by atoms with van der Waals surface area (Å²) in [5.41, 5.74) is 3.67. The summed E-state index contributed by atoms with van der Waals surface area (Å²) >= 11 is 0. The Bertz CT molecular complexity index is 921. The van der Waals surface area contributed by atoms with Crippen molar-refractivity contribution in [3.8, 4) is 11.5 Å². The zero-order chi connectivity index (χ0) is 25.2. The number of nitrogens with zero attached hydrogens (tertiary/aromatic N) is 2. The van der Waals surface area contributed by atoms with E-state index in [4.69, 9.17) is 18.9 Å². The molecule has 2 atom stereocenters. The fourth-order valence-electron chi connectivity index (χ4n) is 5.01. The van der Waals surface area contributed by atoms with Gasteiger partial charge in [0.05, 0.1) is 31.5 Å². The maximum atomic E-state index is 6.52. The Labute approximate surface area is 216 Å². The molecule has 2 aromatic rings. The number of methoxy groups -OCH3 is 1. The lowest BCUT2D eigenvalue weighted by molar-refractivity contribution is 0.0106. The first kappa shape index (κ1) is 26.7. The Hall–Kier alpha value is -2.32. The van der Waals surface area contributed by atoms with Crippen LogP contribution in [0.4, 0.5) is 5.69 Å². The molecule has 2 aliphatic heterocycles. The van der Waals surface area contributed by atoms with Crippen LogP contribution in [0.3, 0.4) is 0 Å². The predicted octanol–water partition coefficient (Wildman–Crippen LogP) is 3.91. The second-order valence-electron chi connectivity index (χ2n) is 10.0. The summed E-state index contributed by atoms with van der Waals surface area (Å²) in [6.07, 6.45) is 3.24. The molecule has 7 heteroatoms. The van der Waals surface area contributed by atoms with Gasteiger partial charge in [-0.2, -0.15) is 0 Å². The lowest BCUT2D eigenvalue weighted by atomic mass is 9.87. The quantitative estimate of drug-likeness (QED) is 0.421. The van der Waals surface area contributed by atoms with E-state index in [9.17, 15) is 0 Å². The Kier molecular flexibility index (Phi) is 10.3. The Morgan fingerprint density at radius 1 is 1.08 bits per heavy atom. The van der Waals surface area contributed by atoms with E-state index in [1.54, 1.807) is 7.11 Å². The molecule has 2 aromatic carbocycles. The summed E-state index contributed by atoms with van der Waals surface area (Å²) in [6, 6.07) is 15.1. The van der Waals surface area contributed by atoms with Gasteiger partial charge < -0.3 is 34.1 Å². The monoisotopic (exact) mass is 497 g/mol. The molecule has 0 bridgehead atoms. The van der Waals surface area contributed by atoms with Gasteiger partial charge in [0.2, 0.25) is 0 Å². The van der Waals surface area contributed by atoms with Crippen molar-refractivity contribution in [1.82, 2.24) is 10.2 Å². The Morgan fingerprint density at radius 3 is 2.75 bits per heavy atom. The van der Waals surface area contributed by atoms with Crippen LogP contribution in [0, 0.1) is 0 Å². The van der Waals surface area contributed by atoms with Crippen molar-refractivity contribution in [3.63, 3.8) is 0 Å². The van der Waals surface area contributed by atoms with Crippen molar-refractivity contribution in [3.05, 3.63) is 53.6 Å². The summed E-state index contributed by atoms with van der Waals surface area (Å²) in [5, 5.41) is 3.52. The first-order valence-corrected chi connectivity index (χ1v) is 13.3. The topological polar surface area (TPSA) is 55.4 Å². The minimum atomic E-state index is 0.135. The highest BCUT2D eigenvalue weighted by Crippen LogP contribution is 2.34. The molecular weight excluding hydrogens is 454 g/mol. The minimum absolute atomic E-state index is 0.135. The van der Waals surface area contributed by atoms with Gasteiger partial charge in [0.25, 0.3) is 0 Å². The third-order valence-corrected chi connectivity index (χ3v) is 6.98. The molecule has 36 heavy (non-hydrogen) atoms. The standard InChI is InChI=1S/C29H43N3O4/c1-31(2)14-4-18-34-25-9-7-24(8-10-25)26-12-13-30-21-29(26)36-22-23-6-11-28-27(20-23)32(16-19-35-28)15-5-17-33-3/h6-11,20,26,29-30H,4-5,12-19,21-22H2,1-3H3/t26-,29+/m1/s1. The van der Waals surface area contributed by atoms with E-state index >= 15 is 0 Å². The molecule has 0 aromatic heterocycles. The molecule has 0 saturated carbocycles. The first-order chi connectivity index (χ1) is 17.6. The van der Waals surface area contributed by atoms with Crippen LogP contribution in [0.5, 0.6) is 11.5 Å². The van der Waals surface area contributed by atoms with Gasteiger partial charge >= 0.3 is 0 Å². The largest absolute Gasteiger partial charge is 0.494 e. The van der Waals surface area contributed by atoms with Crippen LogP contribution in [0.15, 0.2) is 42.5 Å². The highest BCUT2D eigenvalue weighted by molar-refractivity contribution is 5.61. The summed E-state index contributed by atoms with van der Waals surface area (Å²) < 4.78 is 23.6. The van der Waals surface area contributed by atoms with E-state index in [1.165, 1.54) is 11.1 Å². The number of rotatable bonds is 13. The van der Waals surface area contributed by atoms with Gasteiger partial charge in [-0.05, 0) is 75.3 Å². The number of benzene rings is 2. The van der Waals surface area contributed by atoms with Gasteiger partial charge in [-0.25, -0.2) is 0 Å². The van der Waals surface area contributed by atoms with Gasteiger partial charge in [-0.1, -0.05) is 18.2 Å². The van der Waals surface area contributed by atoms with Crippen LogP contribution in [0.2, 0.25) is 0 Å². The van der Waals surface area contributed by atoms with Gasteiger partial charge in [-0.15, -0.1) is 0 Å². The average Bonchev–Trinajstić information content (AvgIpc) is 2.90. The summed E-state index contributed by atoms with van der Waals surface area (Å²) in [5.74, 6) is 2.28. The lowest BCUT2D eigenvalue weighted by Gasteiger charge is -2.33. The van der Waals surface area contributed by atoms with Crippen molar-refractivity contribution in [1.29, 1.82) is 0 Å². The van der Waals surface area contributed by atoms with Crippen LogP contribution in [0.1, 0.15) is 36.3 Å². The zero-order valence-electron chi connectivity index (χ0n) is 22.2. The molecule has 198 valence electrons. The molecule has 7 nitrogen and oxygen atoms in total. The number of ether oxygens (including phenoxy) is 4. The molecule has 2 heterocycles. The molecule has 1 fully saturated rings. The number of hydrogen-bond donors (Lipinski definition) is 1. The molecular formula is C29H43N3O4. The van der Waals surface area contributed by atoms with E-state index in [0.717, 1.165) is 89.0 Å². The summed E-state index contributed by atoms with van der Waals surface area (Å²) in [4.78, 5) is 4.58. The molecule has 0 unspecified atom stereocenters. The molecule has 0 aliphatic carbocycles. The molecule has 0 amide bonds. The van der Waals surface area contributed by atoms with Crippen molar-refractivity contribution >= 4 is 5.69 Å². The predicted molar refractivity (Wildman–Crippen MR) is 145 cm³/mol. The number of fused-ring (bicyclic) bond motifs is 1. The van der Waals surface area contributed by atoms with Crippen molar-refractivity contribution < 1.29 is 18.9 Å². The highest BCUT2D eigenvalue weighted by atomic mass is 16.5. The number of nitrogens with one attached hydrogen (secondary N) is 1. The van der Waals surface area contributed by atoms with Crippen molar-refractivity contribution in [2.24, 2.45) is 0 Å². The number of hydrogen-bond acceptors (Lipinski definition) is 7. The Morgan fingerprint density at radius 2 is 1.94 bits per heavy atom. The second-order valence-corrected chi connectivity index (χ2v) is 10.0. The van der Waals surface area contributed by atoms with Gasteiger partial charge in [0.15, 0.2) is 0 Å². The zero-order valence-corrected chi connectivity index (χ0v) is 22.2. The highest BCUT2D eigenvalue weighted by Gasteiger charge is 2.27. The molecule has 0 spiro atoms. The maximum absolute atomic E-state index is 6.52. The molecule has 1 saturated heterocycles. The average molecular weight is 498 g/mol. The third-order valence-electron chi connectivity index (χ3n) is 6.98. The van der Waals surface area contributed by atoms with Crippen molar-refractivity contribution in [2.45, 2.75) is 37.9 Å². The van der Waals surface area contributed by atoms with Crippen LogP contribution < -0.4 is 19.7 Å². The van der Waals surface area contributed by atoms with E-state index in [-0.39, 0.29) is 6.10 Å². The molecule has 4 rings (SSSR count). The van der Waals surface area contributed by atoms with Gasteiger partial charge in [0.1, 0.15) is 18.1 Å². The maximum Gasteiger partial charge on any atom is 0.142 e. The van der Waals surface area contributed by atoms with Gasteiger partial charge in [-0.3, -0.25) is 0 Å². The summed E-state index contributed by atoms with van der Waals surface area (Å²) in [6.45, 7) is 7.63. The normalized spacial score (nSPS) is 19.7. The number of piperidine rings is 1. The fraction of sp³-hybridized carbons (Fsp3) is 0.586. The van der Waals surface area contributed by atoms with E-state index < -0.39 is 0 Å². The lowest BCUT2D eigenvalue weighted by Crippen LogP contribution is -2.41. The third kappa shape index (κ3) is 7.59. The second kappa shape index (κ2) is 13.8. The van der Waals surface area contributed by atoms with E-state index in [0.29, 0.717) is 12.5 Å². The molecule has 0 radical (unpaired) electrons. The fourth-order valence-corrected chi connectivity index (χ4v) is 5.01. The SMILES string of the molecule is COCCCN1CCOc2ccc(CO[C@H]3CNCC[C@@H]3c3ccc(OCCCN(C)C)cc3)cc21. The van der Waals surface area contributed by atoms with E-state index in [1.807, 2.05) is 0 Å². The van der Waals surface area contributed by atoms with Crippen LogP contribution in [-0.4, -0.2) is 84.8 Å². The first-order valence-electron chi connectivity index (χ1n) is 13.3. The smallest absolute Gasteiger partial charge is 0.142 e. The van der Waals surface area contributed by atoms with Crippen LogP contribution in [0.25, 0.3) is 0 Å². The van der Waals surface area contributed by atoms with Crippen molar-refractivity contribution in [2.75, 3.05) is 78.6 Å².